The first kappa shape index (κ1) is 11.5. The summed E-state index contributed by atoms with van der Waals surface area (Å²) in [5.74, 6) is 2.92. The van der Waals surface area contributed by atoms with Crippen LogP contribution in [-0.4, -0.2) is 32.5 Å². The quantitative estimate of drug-likeness (QED) is 0.538. The minimum absolute atomic E-state index is 0.159. The molecule has 80 valence electrons. The Kier molecular flexibility index (Phi) is 4.43. The third kappa shape index (κ3) is 3.32. The lowest BCUT2D eigenvalue weighted by molar-refractivity contribution is 0.571. The van der Waals surface area contributed by atoms with Crippen molar-refractivity contribution in [1.29, 1.82) is 0 Å². The maximum atomic E-state index is 11.4. The molecule has 0 radical (unpaired) electrons. The van der Waals surface area contributed by atoms with E-state index >= 15 is 0 Å². The average molecular weight is 215 g/mol. The molecule has 1 N–H and O–H groups in total. The van der Waals surface area contributed by atoms with Crippen molar-refractivity contribution in [1.82, 2.24) is 5.32 Å². The molecule has 0 aliphatic carbocycles. The summed E-state index contributed by atoms with van der Waals surface area (Å²) in [6, 6.07) is 0. The van der Waals surface area contributed by atoms with Crippen LogP contribution >= 0.6 is 0 Å². The smallest absolute Gasteiger partial charge is 0.154 e. The second-order valence-electron chi connectivity index (χ2n) is 3.64. The number of unbranched alkanes of at least 4 members (excludes halogenated alkanes) is 1. The standard InChI is InChI=1S/C10H17NO2S/c1-2-3-4-7-11-9-10-6-5-8-14(10,12)13/h1,10-11H,3-9H2. The van der Waals surface area contributed by atoms with E-state index in [1.165, 1.54) is 0 Å². The Morgan fingerprint density at radius 2 is 2.29 bits per heavy atom. The van der Waals surface area contributed by atoms with Gasteiger partial charge in [0.2, 0.25) is 0 Å². The van der Waals surface area contributed by atoms with Crippen LogP contribution in [0.1, 0.15) is 25.7 Å². The summed E-state index contributed by atoms with van der Waals surface area (Å²) >= 11 is 0. The minimum atomic E-state index is -2.78. The summed E-state index contributed by atoms with van der Waals surface area (Å²) in [4.78, 5) is 0. The molecule has 0 aromatic rings. The lowest BCUT2D eigenvalue weighted by Gasteiger charge is -2.09. The van der Waals surface area contributed by atoms with Crippen molar-refractivity contribution in [3.05, 3.63) is 0 Å². The summed E-state index contributed by atoms with van der Waals surface area (Å²) in [5.41, 5.74) is 0. The normalized spacial score (nSPS) is 24.6. The average Bonchev–Trinajstić information content (AvgIpc) is 2.45. The molecule has 1 rings (SSSR count). The zero-order chi connectivity index (χ0) is 10.4. The van der Waals surface area contributed by atoms with Crippen molar-refractivity contribution in [3.63, 3.8) is 0 Å². The highest BCUT2D eigenvalue weighted by Crippen LogP contribution is 2.18. The molecule has 0 amide bonds. The lowest BCUT2D eigenvalue weighted by Crippen LogP contribution is -2.31. The first-order chi connectivity index (χ1) is 6.67. The topological polar surface area (TPSA) is 46.2 Å². The summed E-state index contributed by atoms with van der Waals surface area (Å²) in [7, 11) is -2.78. The second-order valence-corrected chi connectivity index (χ2v) is 6.04. The summed E-state index contributed by atoms with van der Waals surface area (Å²) < 4.78 is 22.8. The van der Waals surface area contributed by atoms with Gasteiger partial charge in [-0.05, 0) is 25.8 Å². The van der Waals surface area contributed by atoms with Gasteiger partial charge in [-0.1, -0.05) is 0 Å². The van der Waals surface area contributed by atoms with E-state index < -0.39 is 9.84 Å². The molecule has 1 unspecified atom stereocenters. The highest BCUT2D eigenvalue weighted by Gasteiger charge is 2.30. The highest BCUT2D eigenvalue weighted by atomic mass is 32.2. The molecule has 0 aromatic carbocycles. The van der Waals surface area contributed by atoms with E-state index in [-0.39, 0.29) is 5.25 Å². The van der Waals surface area contributed by atoms with E-state index in [9.17, 15) is 8.42 Å². The molecule has 1 fully saturated rings. The SMILES string of the molecule is C#CCCCNCC1CCCS1(=O)=O. The van der Waals surface area contributed by atoms with Gasteiger partial charge in [-0.25, -0.2) is 8.42 Å². The fourth-order valence-electron chi connectivity index (χ4n) is 1.67. The maximum Gasteiger partial charge on any atom is 0.154 e. The van der Waals surface area contributed by atoms with E-state index in [4.69, 9.17) is 6.42 Å². The Labute approximate surface area is 86.2 Å². The van der Waals surface area contributed by atoms with Crippen molar-refractivity contribution in [2.75, 3.05) is 18.8 Å². The first-order valence-electron chi connectivity index (χ1n) is 5.02. The van der Waals surface area contributed by atoms with Crippen molar-refractivity contribution < 1.29 is 8.42 Å². The largest absolute Gasteiger partial charge is 0.315 e. The molecule has 1 atom stereocenters. The number of rotatable bonds is 5. The molecule has 0 spiro atoms. The van der Waals surface area contributed by atoms with Gasteiger partial charge in [0.15, 0.2) is 9.84 Å². The van der Waals surface area contributed by atoms with Gasteiger partial charge in [-0.15, -0.1) is 12.3 Å². The molecule has 0 bridgehead atoms. The van der Waals surface area contributed by atoms with Crippen LogP contribution in [0.3, 0.4) is 0 Å². The molecule has 1 aliphatic heterocycles. The van der Waals surface area contributed by atoms with Gasteiger partial charge in [-0.2, -0.15) is 0 Å². The van der Waals surface area contributed by atoms with Gasteiger partial charge in [0.05, 0.1) is 11.0 Å². The zero-order valence-electron chi connectivity index (χ0n) is 8.33. The lowest BCUT2D eigenvalue weighted by atomic mass is 10.2. The second kappa shape index (κ2) is 5.38. The molecular formula is C10H17NO2S. The molecule has 1 heterocycles. The Morgan fingerprint density at radius 1 is 1.50 bits per heavy atom. The molecule has 1 aliphatic rings. The van der Waals surface area contributed by atoms with E-state index in [1.807, 2.05) is 0 Å². The van der Waals surface area contributed by atoms with Crippen LogP contribution in [0.5, 0.6) is 0 Å². The molecule has 4 heteroatoms. The summed E-state index contributed by atoms with van der Waals surface area (Å²) in [5, 5.41) is 2.98. The fraction of sp³-hybridized carbons (Fsp3) is 0.800. The Hall–Kier alpha value is -0.530. The van der Waals surface area contributed by atoms with Gasteiger partial charge in [0, 0.05) is 13.0 Å². The molecule has 1 saturated heterocycles. The Bertz CT molecular complexity index is 303. The van der Waals surface area contributed by atoms with Gasteiger partial charge in [0.1, 0.15) is 0 Å². The number of sulfone groups is 1. The van der Waals surface area contributed by atoms with Crippen LogP contribution in [0.15, 0.2) is 0 Å². The van der Waals surface area contributed by atoms with Crippen molar-refractivity contribution >= 4 is 9.84 Å². The number of terminal acetylenes is 1. The third-order valence-corrected chi connectivity index (χ3v) is 4.79. The van der Waals surface area contributed by atoms with E-state index in [0.29, 0.717) is 12.3 Å². The van der Waals surface area contributed by atoms with Crippen LogP contribution in [0, 0.1) is 12.3 Å². The molecule has 0 aromatic heterocycles. The zero-order valence-corrected chi connectivity index (χ0v) is 9.15. The number of nitrogens with one attached hydrogen (secondary N) is 1. The van der Waals surface area contributed by atoms with Crippen molar-refractivity contribution in [2.45, 2.75) is 30.9 Å². The van der Waals surface area contributed by atoms with Gasteiger partial charge < -0.3 is 5.32 Å². The predicted molar refractivity (Wildman–Crippen MR) is 57.7 cm³/mol. The monoisotopic (exact) mass is 215 g/mol. The van der Waals surface area contributed by atoms with E-state index in [0.717, 1.165) is 32.2 Å². The van der Waals surface area contributed by atoms with Crippen LogP contribution < -0.4 is 5.32 Å². The Balaban J connectivity index is 2.16. The van der Waals surface area contributed by atoms with Gasteiger partial charge in [0.25, 0.3) is 0 Å². The summed E-state index contributed by atoms with van der Waals surface area (Å²) in [6.07, 6.45) is 8.41. The molecule has 14 heavy (non-hydrogen) atoms. The van der Waals surface area contributed by atoms with Crippen molar-refractivity contribution in [2.24, 2.45) is 0 Å². The molecule has 3 nitrogen and oxygen atoms in total. The number of hydrogen-bond donors (Lipinski definition) is 1. The molecular weight excluding hydrogens is 198 g/mol. The van der Waals surface area contributed by atoms with Crippen LogP contribution in [-0.2, 0) is 9.84 Å². The van der Waals surface area contributed by atoms with Crippen molar-refractivity contribution in [3.8, 4) is 12.3 Å². The van der Waals surface area contributed by atoms with Crippen LogP contribution in [0.2, 0.25) is 0 Å². The van der Waals surface area contributed by atoms with Crippen LogP contribution in [0.25, 0.3) is 0 Å². The number of hydrogen-bond acceptors (Lipinski definition) is 3. The van der Waals surface area contributed by atoms with Gasteiger partial charge in [-0.3, -0.25) is 0 Å². The first-order valence-corrected chi connectivity index (χ1v) is 6.74. The summed E-state index contributed by atoms with van der Waals surface area (Å²) in [6.45, 7) is 1.41. The van der Waals surface area contributed by atoms with E-state index in [2.05, 4.69) is 11.2 Å². The van der Waals surface area contributed by atoms with E-state index in [1.54, 1.807) is 0 Å². The Morgan fingerprint density at radius 3 is 2.86 bits per heavy atom. The third-order valence-electron chi connectivity index (χ3n) is 2.51. The predicted octanol–water partition coefficient (Wildman–Crippen LogP) is 0.567. The van der Waals surface area contributed by atoms with Crippen LogP contribution in [0.4, 0.5) is 0 Å². The maximum absolute atomic E-state index is 11.4. The van der Waals surface area contributed by atoms with Gasteiger partial charge >= 0.3 is 0 Å². The highest BCUT2D eigenvalue weighted by molar-refractivity contribution is 7.92. The molecule has 0 saturated carbocycles. The minimum Gasteiger partial charge on any atom is -0.315 e. The fourth-order valence-corrected chi connectivity index (χ4v) is 3.47.